The van der Waals surface area contributed by atoms with Crippen LogP contribution in [0.4, 0.5) is 0 Å². The molecule has 156 valence electrons. The van der Waals surface area contributed by atoms with Gasteiger partial charge in [-0.15, -0.1) is 0 Å². The Labute approximate surface area is 167 Å². The molecule has 0 atom stereocenters. The second kappa shape index (κ2) is 10.4. The number of hydrogen-bond acceptors (Lipinski definition) is 5. The van der Waals surface area contributed by atoms with Gasteiger partial charge in [-0.25, -0.2) is 4.79 Å². The summed E-state index contributed by atoms with van der Waals surface area (Å²) in [5, 5.41) is 10.9. The van der Waals surface area contributed by atoms with Crippen LogP contribution in [0.5, 0.6) is 17.2 Å². The zero-order chi connectivity index (χ0) is 20.6. The van der Waals surface area contributed by atoms with Crippen molar-refractivity contribution in [2.75, 3.05) is 6.61 Å². The third kappa shape index (κ3) is 6.47. The van der Waals surface area contributed by atoms with Gasteiger partial charge in [0.25, 0.3) is 0 Å². The van der Waals surface area contributed by atoms with Crippen molar-refractivity contribution in [2.45, 2.75) is 84.7 Å². The summed E-state index contributed by atoms with van der Waals surface area (Å²) < 4.78 is 16.8. The molecule has 0 aliphatic rings. The van der Waals surface area contributed by atoms with Gasteiger partial charge in [-0.2, -0.15) is 0 Å². The lowest BCUT2D eigenvalue weighted by atomic mass is 10.1. The molecule has 0 bridgehead atoms. The molecule has 1 heterocycles. The standard InChI is InChI=1S/C23H34O5/c1-5-6-7-8-9-10-11-12-16-26-21-19(24)17-14-13-15-18(28-23(2,3)4)20(17)27-22(21)25/h13-15,24H,5-12,16H2,1-4H3. The Morgan fingerprint density at radius 1 is 1.00 bits per heavy atom. The third-order valence-corrected chi connectivity index (χ3v) is 4.49. The minimum Gasteiger partial charge on any atom is -0.504 e. The summed E-state index contributed by atoms with van der Waals surface area (Å²) in [5.41, 5.74) is -0.900. The molecule has 5 nitrogen and oxygen atoms in total. The Hall–Kier alpha value is -2.17. The number of fused-ring (bicyclic) bond motifs is 1. The third-order valence-electron chi connectivity index (χ3n) is 4.49. The maximum absolute atomic E-state index is 12.3. The molecule has 5 heteroatoms. The predicted molar refractivity (Wildman–Crippen MR) is 113 cm³/mol. The van der Waals surface area contributed by atoms with Gasteiger partial charge in [-0.3, -0.25) is 0 Å². The molecular formula is C23H34O5. The van der Waals surface area contributed by atoms with E-state index in [0.717, 1.165) is 12.8 Å². The Morgan fingerprint density at radius 3 is 2.29 bits per heavy atom. The average Bonchev–Trinajstić information content (AvgIpc) is 2.62. The van der Waals surface area contributed by atoms with Gasteiger partial charge >= 0.3 is 5.63 Å². The monoisotopic (exact) mass is 390 g/mol. The van der Waals surface area contributed by atoms with E-state index in [4.69, 9.17) is 13.9 Å². The molecule has 1 aromatic carbocycles. The second-order valence-corrected chi connectivity index (χ2v) is 8.24. The van der Waals surface area contributed by atoms with E-state index < -0.39 is 11.2 Å². The quantitative estimate of drug-likeness (QED) is 0.366. The fourth-order valence-electron chi connectivity index (χ4n) is 3.11. The lowest BCUT2D eigenvalue weighted by Gasteiger charge is -2.21. The summed E-state index contributed by atoms with van der Waals surface area (Å²) in [6.45, 7) is 8.33. The molecule has 0 aliphatic heterocycles. The SMILES string of the molecule is CCCCCCCCCCOc1c(O)c2cccc(OC(C)(C)C)c2oc1=O. The highest BCUT2D eigenvalue weighted by Gasteiger charge is 2.20. The molecule has 0 unspecified atom stereocenters. The largest absolute Gasteiger partial charge is 0.504 e. The van der Waals surface area contributed by atoms with Gasteiger partial charge in [0.05, 0.1) is 12.0 Å². The van der Waals surface area contributed by atoms with Gasteiger partial charge in [0, 0.05) is 0 Å². The van der Waals surface area contributed by atoms with Crippen LogP contribution in [0, 0.1) is 0 Å². The van der Waals surface area contributed by atoms with Gasteiger partial charge < -0.3 is 19.0 Å². The van der Waals surface area contributed by atoms with Gasteiger partial charge in [0.15, 0.2) is 17.1 Å². The van der Waals surface area contributed by atoms with Gasteiger partial charge in [0.2, 0.25) is 5.75 Å². The van der Waals surface area contributed by atoms with Gasteiger partial charge in [0.1, 0.15) is 5.60 Å². The number of ether oxygens (including phenoxy) is 2. The van der Waals surface area contributed by atoms with Crippen LogP contribution in [0.25, 0.3) is 11.0 Å². The summed E-state index contributed by atoms with van der Waals surface area (Å²) in [7, 11) is 0. The van der Waals surface area contributed by atoms with Crippen LogP contribution in [0.15, 0.2) is 27.4 Å². The van der Waals surface area contributed by atoms with Crippen molar-refractivity contribution >= 4 is 11.0 Å². The lowest BCUT2D eigenvalue weighted by Crippen LogP contribution is -2.23. The van der Waals surface area contributed by atoms with Crippen molar-refractivity contribution in [3.8, 4) is 17.2 Å². The molecule has 28 heavy (non-hydrogen) atoms. The molecule has 0 fully saturated rings. The first kappa shape index (κ1) is 22.1. The van der Waals surface area contributed by atoms with Crippen molar-refractivity contribution in [3.05, 3.63) is 28.6 Å². The van der Waals surface area contributed by atoms with Crippen LogP contribution in [0.1, 0.15) is 79.1 Å². The zero-order valence-corrected chi connectivity index (χ0v) is 17.7. The van der Waals surface area contributed by atoms with E-state index in [1.165, 1.54) is 38.5 Å². The molecule has 0 radical (unpaired) electrons. The molecule has 0 saturated heterocycles. The van der Waals surface area contributed by atoms with Gasteiger partial charge in [-0.1, -0.05) is 57.9 Å². The van der Waals surface area contributed by atoms with E-state index in [9.17, 15) is 9.90 Å². The topological polar surface area (TPSA) is 68.9 Å². The summed E-state index contributed by atoms with van der Waals surface area (Å²) in [5.74, 6) is 0.112. The Morgan fingerprint density at radius 2 is 1.64 bits per heavy atom. The molecule has 0 amide bonds. The van der Waals surface area contributed by atoms with Crippen LogP contribution < -0.4 is 15.1 Å². The molecule has 0 saturated carbocycles. The van der Waals surface area contributed by atoms with Crippen LogP contribution in [0.2, 0.25) is 0 Å². The van der Waals surface area contributed by atoms with E-state index in [2.05, 4.69) is 6.92 Å². The predicted octanol–water partition coefficient (Wildman–Crippen LogP) is 6.20. The maximum atomic E-state index is 12.3. The first-order chi connectivity index (χ1) is 13.3. The number of hydrogen-bond donors (Lipinski definition) is 1. The molecule has 2 rings (SSSR count). The maximum Gasteiger partial charge on any atom is 0.383 e. The minimum atomic E-state index is -0.686. The number of unbranched alkanes of at least 4 members (excludes halogenated alkanes) is 7. The van der Waals surface area contributed by atoms with E-state index in [-0.39, 0.29) is 17.1 Å². The number of benzene rings is 1. The van der Waals surface area contributed by atoms with E-state index >= 15 is 0 Å². The van der Waals surface area contributed by atoms with E-state index in [0.29, 0.717) is 17.7 Å². The molecule has 0 spiro atoms. The van der Waals surface area contributed by atoms with Crippen molar-refractivity contribution in [1.82, 2.24) is 0 Å². The lowest BCUT2D eigenvalue weighted by molar-refractivity contribution is 0.131. The summed E-state index contributed by atoms with van der Waals surface area (Å²) >= 11 is 0. The highest BCUT2D eigenvalue weighted by atomic mass is 16.5. The van der Waals surface area contributed by atoms with Crippen LogP contribution in [-0.2, 0) is 0 Å². The Kier molecular flexibility index (Phi) is 8.21. The first-order valence-electron chi connectivity index (χ1n) is 10.4. The van der Waals surface area contributed by atoms with E-state index in [1.54, 1.807) is 18.2 Å². The number of aromatic hydroxyl groups is 1. The molecular weight excluding hydrogens is 356 g/mol. The fourth-order valence-corrected chi connectivity index (χ4v) is 3.11. The molecule has 1 aromatic heterocycles. The van der Waals surface area contributed by atoms with Crippen molar-refractivity contribution < 1.29 is 19.0 Å². The van der Waals surface area contributed by atoms with E-state index in [1.807, 2.05) is 20.8 Å². The molecule has 1 N–H and O–H groups in total. The van der Waals surface area contributed by atoms with Crippen molar-refractivity contribution in [1.29, 1.82) is 0 Å². The van der Waals surface area contributed by atoms with Crippen molar-refractivity contribution in [3.63, 3.8) is 0 Å². The zero-order valence-electron chi connectivity index (χ0n) is 17.7. The molecule has 0 aliphatic carbocycles. The number of para-hydroxylation sites is 1. The van der Waals surface area contributed by atoms with Crippen LogP contribution >= 0.6 is 0 Å². The summed E-state index contributed by atoms with van der Waals surface area (Å²) in [6.07, 6.45) is 9.45. The average molecular weight is 391 g/mol. The number of rotatable bonds is 11. The Balaban J connectivity index is 1.98. The highest BCUT2D eigenvalue weighted by molar-refractivity contribution is 5.89. The van der Waals surface area contributed by atoms with Crippen LogP contribution in [0.3, 0.4) is 0 Å². The smallest absolute Gasteiger partial charge is 0.383 e. The Bertz CT molecular complexity index is 801. The summed E-state index contributed by atoms with van der Waals surface area (Å²) in [6, 6.07) is 5.16. The van der Waals surface area contributed by atoms with Crippen molar-refractivity contribution in [2.24, 2.45) is 0 Å². The second-order valence-electron chi connectivity index (χ2n) is 8.24. The highest BCUT2D eigenvalue weighted by Crippen LogP contribution is 2.36. The fraction of sp³-hybridized carbons (Fsp3) is 0.609. The molecule has 2 aromatic rings. The van der Waals surface area contributed by atoms with Gasteiger partial charge in [-0.05, 0) is 39.3 Å². The minimum absolute atomic E-state index is 0.122. The first-order valence-corrected chi connectivity index (χ1v) is 10.4. The van der Waals surface area contributed by atoms with Crippen LogP contribution in [-0.4, -0.2) is 17.3 Å². The normalized spacial score (nSPS) is 11.7. The summed E-state index contributed by atoms with van der Waals surface area (Å²) in [4.78, 5) is 12.3.